The number of benzene rings is 1. The predicted molar refractivity (Wildman–Crippen MR) is 121 cm³/mol. The van der Waals surface area contributed by atoms with E-state index in [2.05, 4.69) is 0 Å². The number of aliphatic hydroxyl groups excluding tert-OH is 5. The number of aliphatic hydroxyl groups is 5. The van der Waals surface area contributed by atoms with E-state index in [0.717, 1.165) is 5.56 Å². The lowest BCUT2D eigenvalue weighted by Gasteiger charge is -2.34. The number of carbonyl (C=O) groups is 1. The summed E-state index contributed by atoms with van der Waals surface area (Å²) >= 11 is 0. The molecule has 5 N–H and O–H groups in total. The van der Waals surface area contributed by atoms with Gasteiger partial charge in [-0.05, 0) is 30.0 Å². The van der Waals surface area contributed by atoms with Crippen LogP contribution in [-0.4, -0.2) is 68.6 Å². The molecule has 2 unspecified atom stereocenters. The second kappa shape index (κ2) is 11.4. The van der Waals surface area contributed by atoms with E-state index in [9.17, 15) is 30.3 Å². The van der Waals surface area contributed by atoms with Crippen molar-refractivity contribution in [3.05, 3.63) is 47.0 Å². The van der Waals surface area contributed by atoms with Crippen molar-refractivity contribution >= 4 is 5.97 Å². The molecule has 0 radical (unpaired) electrons. The maximum Gasteiger partial charge on any atom is 0.338 e. The highest BCUT2D eigenvalue weighted by molar-refractivity contribution is 5.75. The van der Waals surface area contributed by atoms with Gasteiger partial charge in [0.05, 0.1) is 18.3 Å². The second-order valence-electron chi connectivity index (χ2n) is 9.47. The van der Waals surface area contributed by atoms with E-state index < -0.39 is 41.9 Å². The Bertz CT molecular complexity index is 784. The first-order valence-electron chi connectivity index (χ1n) is 11.3. The fourth-order valence-corrected chi connectivity index (χ4v) is 4.01. The maximum atomic E-state index is 12.6. The molecule has 0 aliphatic carbocycles. The van der Waals surface area contributed by atoms with Crippen molar-refractivity contribution in [2.75, 3.05) is 6.61 Å². The molecule has 6 atom stereocenters. The van der Waals surface area contributed by atoms with Crippen LogP contribution in [0.1, 0.15) is 58.1 Å². The number of fused-ring (bicyclic) bond motifs is 2. The van der Waals surface area contributed by atoms with Crippen LogP contribution in [0.25, 0.3) is 0 Å². The first-order valence-corrected chi connectivity index (χ1v) is 11.3. The first-order chi connectivity index (χ1) is 15.0. The molecule has 0 saturated carbocycles. The van der Waals surface area contributed by atoms with Crippen LogP contribution in [0.4, 0.5) is 0 Å². The number of hydrogen-bond acceptors (Lipinski definition) is 7. The molecule has 180 valence electrons. The van der Waals surface area contributed by atoms with E-state index >= 15 is 0 Å². The summed E-state index contributed by atoms with van der Waals surface area (Å²) in [4.78, 5) is 12.6. The number of rotatable bonds is 4. The summed E-state index contributed by atoms with van der Waals surface area (Å²) in [7, 11) is 0. The molecule has 7 nitrogen and oxygen atoms in total. The third-order valence-electron chi connectivity index (χ3n) is 6.56. The number of carbonyl (C=O) groups excluding carboxylic acids is 1. The second-order valence-corrected chi connectivity index (χ2v) is 9.47. The van der Waals surface area contributed by atoms with E-state index in [-0.39, 0.29) is 31.8 Å². The fraction of sp³-hybridized carbons (Fsp3) is 0.640. The highest BCUT2D eigenvalue weighted by Crippen LogP contribution is 2.32. The molecule has 1 aliphatic heterocycles. The molecule has 1 aromatic carbocycles. The molecular weight excluding hydrogens is 412 g/mol. The predicted octanol–water partition coefficient (Wildman–Crippen LogP) is 1.62. The summed E-state index contributed by atoms with van der Waals surface area (Å²) in [6, 6.07) is 7.29. The smallest absolute Gasteiger partial charge is 0.338 e. The molecule has 0 aromatic heterocycles. The molecule has 2 bridgehead atoms. The topological polar surface area (TPSA) is 127 Å². The van der Waals surface area contributed by atoms with Crippen LogP contribution in [0, 0.1) is 5.92 Å². The minimum absolute atomic E-state index is 0.0198. The van der Waals surface area contributed by atoms with Crippen LogP contribution in [0.2, 0.25) is 0 Å². The van der Waals surface area contributed by atoms with E-state index in [1.807, 2.05) is 32.9 Å². The Balaban J connectivity index is 2.42. The van der Waals surface area contributed by atoms with Crippen molar-refractivity contribution < 1.29 is 35.1 Å². The van der Waals surface area contributed by atoms with Crippen LogP contribution >= 0.6 is 0 Å². The van der Waals surface area contributed by atoms with Crippen molar-refractivity contribution in [1.82, 2.24) is 0 Å². The summed E-state index contributed by atoms with van der Waals surface area (Å²) < 4.78 is 5.50. The lowest BCUT2D eigenvalue weighted by molar-refractivity contribution is -0.164. The van der Waals surface area contributed by atoms with Gasteiger partial charge in [0, 0.05) is 37.2 Å². The Kier molecular flexibility index (Phi) is 9.42. The van der Waals surface area contributed by atoms with Crippen LogP contribution in [0.15, 0.2) is 35.9 Å². The van der Waals surface area contributed by atoms with Crippen LogP contribution in [0.5, 0.6) is 0 Å². The molecule has 0 fully saturated rings. The van der Waals surface area contributed by atoms with Gasteiger partial charge in [-0.2, -0.15) is 0 Å². The van der Waals surface area contributed by atoms with Gasteiger partial charge >= 0.3 is 5.97 Å². The van der Waals surface area contributed by atoms with E-state index in [0.29, 0.717) is 17.6 Å². The van der Waals surface area contributed by atoms with Crippen LogP contribution in [-0.2, 0) is 21.4 Å². The Hall–Kier alpha value is -1.77. The Morgan fingerprint density at radius 1 is 1.22 bits per heavy atom. The van der Waals surface area contributed by atoms with Gasteiger partial charge < -0.3 is 30.3 Å². The molecule has 1 heterocycles. The first kappa shape index (κ1) is 26.5. The highest BCUT2D eigenvalue weighted by atomic mass is 16.6. The number of ether oxygens (including phenoxy) is 1. The zero-order chi connectivity index (χ0) is 24.1. The summed E-state index contributed by atoms with van der Waals surface area (Å²) in [6.45, 7) is 7.36. The molecule has 0 spiro atoms. The molecule has 32 heavy (non-hydrogen) atoms. The lowest BCUT2D eigenvalue weighted by Crippen LogP contribution is -2.41. The maximum absolute atomic E-state index is 12.6. The van der Waals surface area contributed by atoms with Gasteiger partial charge in [0.1, 0.15) is 6.10 Å². The van der Waals surface area contributed by atoms with Gasteiger partial charge in [-0.3, -0.25) is 0 Å². The zero-order valence-corrected chi connectivity index (χ0v) is 19.4. The van der Waals surface area contributed by atoms with Gasteiger partial charge in [-0.25, -0.2) is 4.79 Å². The van der Waals surface area contributed by atoms with Crippen molar-refractivity contribution in [3.63, 3.8) is 0 Å². The molecule has 2 rings (SSSR count). The van der Waals surface area contributed by atoms with Gasteiger partial charge in [-0.1, -0.05) is 51.1 Å². The van der Waals surface area contributed by atoms with Crippen molar-refractivity contribution in [1.29, 1.82) is 0 Å². The van der Waals surface area contributed by atoms with Crippen molar-refractivity contribution in [2.24, 2.45) is 5.92 Å². The third-order valence-corrected chi connectivity index (χ3v) is 6.56. The summed E-state index contributed by atoms with van der Waals surface area (Å²) in [5.74, 6) is -1.11. The van der Waals surface area contributed by atoms with Gasteiger partial charge in [0.25, 0.3) is 0 Å². The number of esters is 1. The molecule has 1 aliphatic rings. The Labute approximate surface area is 190 Å². The summed E-state index contributed by atoms with van der Waals surface area (Å²) in [5.41, 5.74) is 1.50. The fourth-order valence-electron chi connectivity index (χ4n) is 4.01. The molecule has 0 saturated heterocycles. The molecular formula is C25H38O7. The minimum atomic E-state index is -1.74. The van der Waals surface area contributed by atoms with E-state index in [1.54, 1.807) is 25.1 Å². The summed E-state index contributed by atoms with van der Waals surface area (Å²) in [6.07, 6.45) is -3.22. The average molecular weight is 451 g/mol. The monoisotopic (exact) mass is 450 g/mol. The molecule has 1 aromatic rings. The van der Waals surface area contributed by atoms with Crippen LogP contribution in [0.3, 0.4) is 0 Å². The lowest BCUT2D eigenvalue weighted by atomic mass is 9.76. The Morgan fingerprint density at radius 2 is 1.91 bits per heavy atom. The van der Waals surface area contributed by atoms with E-state index in [4.69, 9.17) is 4.74 Å². The highest BCUT2D eigenvalue weighted by Gasteiger charge is 2.35. The number of cyclic esters (lactones) is 1. The van der Waals surface area contributed by atoms with Gasteiger partial charge in [0.15, 0.2) is 6.10 Å². The quantitative estimate of drug-likeness (QED) is 0.348. The molecule has 7 heteroatoms. The SMILES string of the molecule is CCC(/C=C(/C)C1C[C@H](O)C[C@H](O)C(C)(C)c2cccc(c2)C[C@@H](O)[C@H](O)C(=O)O1)CO. The largest absolute Gasteiger partial charge is 0.456 e. The Morgan fingerprint density at radius 3 is 2.53 bits per heavy atom. The van der Waals surface area contributed by atoms with E-state index in [1.165, 1.54) is 0 Å². The standard InChI is InChI=1S/C25H38O7/c1-5-16(14-26)9-15(2)21-12-19(27)13-22(29)25(3,4)18-8-6-7-17(10-18)11-20(28)23(30)24(31)32-21/h6-10,16,19-23,26-30H,5,11-14H2,1-4H3/b15-9-/t16?,19-,20+,21?,22-,23-/m0/s1. The van der Waals surface area contributed by atoms with Crippen LogP contribution < -0.4 is 0 Å². The third kappa shape index (κ3) is 6.62. The van der Waals surface area contributed by atoms with Crippen molar-refractivity contribution in [3.8, 4) is 0 Å². The van der Waals surface area contributed by atoms with Gasteiger partial charge in [0.2, 0.25) is 0 Å². The number of hydrogen-bond donors (Lipinski definition) is 5. The zero-order valence-electron chi connectivity index (χ0n) is 19.4. The minimum Gasteiger partial charge on any atom is -0.456 e. The summed E-state index contributed by atoms with van der Waals surface area (Å²) in [5, 5.41) is 52.0. The normalized spacial score (nSPS) is 30.8. The van der Waals surface area contributed by atoms with Crippen molar-refractivity contribution in [2.45, 2.75) is 89.3 Å². The van der Waals surface area contributed by atoms with Gasteiger partial charge in [-0.15, -0.1) is 0 Å². The molecule has 0 amide bonds. The average Bonchev–Trinajstić information content (AvgIpc) is 2.75.